The number of urea groups is 1. The highest BCUT2D eigenvalue weighted by atomic mass is 19.4. The highest BCUT2D eigenvalue weighted by Crippen LogP contribution is 2.39. The molecule has 0 atom stereocenters. The summed E-state index contributed by atoms with van der Waals surface area (Å²) in [5.41, 5.74) is -1.08. The van der Waals surface area contributed by atoms with Gasteiger partial charge in [0.25, 0.3) is 5.91 Å². The summed E-state index contributed by atoms with van der Waals surface area (Å²) in [7, 11) is 0. The molecule has 3 amide bonds. The fraction of sp³-hybridized carbons (Fsp3) is 0.667. The van der Waals surface area contributed by atoms with Crippen molar-refractivity contribution < 1.29 is 22.8 Å². The maximum Gasteiger partial charge on any atom is 0.390 e. The Kier molecular flexibility index (Phi) is 5.49. The van der Waals surface area contributed by atoms with Crippen LogP contribution in [-0.4, -0.2) is 69.6 Å². The Morgan fingerprint density at radius 1 is 1.18 bits per heavy atom. The molecule has 2 aliphatic rings. The Balaban J connectivity index is 1.81. The summed E-state index contributed by atoms with van der Waals surface area (Å²) < 4.78 is 38.0. The number of carbonyl (C=O) groups excluding carboxylic acids is 2. The summed E-state index contributed by atoms with van der Waals surface area (Å²) in [6.07, 6.45) is -0.144. The minimum Gasteiger partial charge on any atom is -0.355 e. The zero-order valence-corrected chi connectivity index (χ0v) is 15.9. The molecule has 3 heterocycles. The van der Waals surface area contributed by atoms with Gasteiger partial charge in [-0.15, -0.1) is 0 Å². The van der Waals surface area contributed by atoms with Gasteiger partial charge in [-0.05, 0) is 18.8 Å². The van der Waals surface area contributed by atoms with Gasteiger partial charge in [-0.1, -0.05) is 13.8 Å². The average molecular weight is 399 g/mol. The van der Waals surface area contributed by atoms with Crippen molar-refractivity contribution in [3.63, 3.8) is 0 Å². The second-order valence-electron chi connectivity index (χ2n) is 7.69. The van der Waals surface area contributed by atoms with E-state index in [4.69, 9.17) is 0 Å². The molecule has 2 aliphatic heterocycles. The highest BCUT2D eigenvalue weighted by molar-refractivity contribution is 6.07. The van der Waals surface area contributed by atoms with E-state index in [-0.39, 0.29) is 5.92 Å². The lowest BCUT2D eigenvalue weighted by Crippen LogP contribution is -2.57. The molecule has 7 nitrogen and oxygen atoms in total. The molecular formula is C18H24F3N5O2. The van der Waals surface area contributed by atoms with Gasteiger partial charge in [-0.2, -0.15) is 13.2 Å². The van der Waals surface area contributed by atoms with Crippen LogP contribution in [0.4, 0.5) is 23.8 Å². The Labute approximate surface area is 161 Å². The first-order valence-electron chi connectivity index (χ1n) is 9.35. The number of imide groups is 1. The second-order valence-corrected chi connectivity index (χ2v) is 7.69. The van der Waals surface area contributed by atoms with Crippen molar-refractivity contribution >= 4 is 17.8 Å². The van der Waals surface area contributed by atoms with Crippen molar-refractivity contribution in [1.82, 2.24) is 19.8 Å². The predicted octanol–water partition coefficient (Wildman–Crippen LogP) is 2.69. The van der Waals surface area contributed by atoms with Crippen LogP contribution in [0.3, 0.4) is 0 Å². The van der Waals surface area contributed by atoms with Crippen LogP contribution >= 0.6 is 0 Å². The zero-order chi connectivity index (χ0) is 20.5. The predicted molar refractivity (Wildman–Crippen MR) is 95.5 cm³/mol. The third-order valence-corrected chi connectivity index (χ3v) is 5.25. The Bertz CT molecular complexity index is 718. The molecule has 1 aromatic rings. The smallest absolute Gasteiger partial charge is 0.355 e. The van der Waals surface area contributed by atoms with Gasteiger partial charge in [0.15, 0.2) is 0 Å². The van der Waals surface area contributed by atoms with Gasteiger partial charge in [0.05, 0.1) is 12.6 Å². The van der Waals surface area contributed by atoms with E-state index in [0.717, 1.165) is 4.90 Å². The molecule has 1 spiro atoms. The van der Waals surface area contributed by atoms with Gasteiger partial charge in [-0.3, -0.25) is 14.7 Å². The first kappa shape index (κ1) is 20.3. The molecule has 1 aromatic heterocycles. The number of alkyl halides is 3. The first-order chi connectivity index (χ1) is 13.1. The van der Waals surface area contributed by atoms with Gasteiger partial charge >= 0.3 is 12.2 Å². The number of hydrogen-bond acceptors (Lipinski definition) is 5. The summed E-state index contributed by atoms with van der Waals surface area (Å²) in [6, 6.07) is -0.615. The standard InChI is InChI=1S/C18H24F3N5O2/c1-13(2)12-26-16(28)25(10-5-18(19,20)21)15(27)17(26)3-8-24(9-4-17)14-11-22-6-7-23-14/h6-7,11,13H,3-5,8-10,12H2,1-2H3. The van der Waals surface area contributed by atoms with Crippen molar-refractivity contribution in [2.24, 2.45) is 5.92 Å². The molecule has 0 N–H and O–H groups in total. The van der Waals surface area contributed by atoms with Crippen molar-refractivity contribution in [2.45, 2.75) is 44.8 Å². The van der Waals surface area contributed by atoms with Crippen LogP contribution in [0.15, 0.2) is 18.6 Å². The summed E-state index contributed by atoms with van der Waals surface area (Å²) in [5, 5.41) is 0. The third-order valence-electron chi connectivity index (χ3n) is 5.25. The van der Waals surface area contributed by atoms with E-state index in [9.17, 15) is 22.8 Å². The number of piperidine rings is 1. The molecule has 10 heteroatoms. The lowest BCUT2D eigenvalue weighted by molar-refractivity contribution is -0.143. The van der Waals surface area contributed by atoms with E-state index >= 15 is 0 Å². The molecule has 3 rings (SSSR count). The summed E-state index contributed by atoms with van der Waals surface area (Å²) >= 11 is 0. The minimum atomic E-state index is -4.42. The number of anilines is 1. The fourth-order valence-electron chi connectivity index (χ4n) is 3.88. The average Bonchev–Trinajstić information content (AvgIpc) is 2.82. The topological polar surface area (TPSA) is 69.6 Å². The normalized spacial score (nSPS) is 20.0. The van der Waals surface area contributed by atoms with Crippen LogP contribution in [0.2, 0.25) is 0 Å². The van der Waals surface area contributed by atoms with Crippen molar-refractivity contribution in [3.05, 3.63) is 18.6 Å². The number of aromatic nitrogens is 2. The molecule has 2 fully saturated rings. The van der Waals surface area contributed by atoms with Crippen LogP contribution in [0, 0.1) is 5.92 Å². The van der Waals surface area contributed by atoms with Crippen LogP contribution in [0.1, 0.15) is 33.1 Å². The highest BCUT2D eigenvalue weighted by Gasteiger charge is 2.58. The SMILES string of the molecule is CC(C)CN1C(=O)N(CCC(F)(F)F)C(=O)C12CCN(c1cnccn1)CC2. The lowest BCUT2D eigenvalue weighted by atomic mass is 9.85. The minimum absolute atomic E-state index is 0.0919. The van der Waals surface area contributed by atoms with Crippen LogP contribution in [0.25, 0.3) is 0 Å². The van der Waals surface area contributed by atoms with E-state index in [1.807, 2.05) is 18.7 Å². The molecule has 0 saturated carbocycles. The molecule has 2 saturated heterocycles. The summed E-state index contributed by atoms with van der Waals surface area (Å²) in [6.45, 7) is 4.47. The maximum absolute atomic E-state index is 13.1. The Morgan fingerprint density at radius 2 is 1.86 bits per heavy atom. The molecular weight excluding hydrogens is 375 g/mol. The fourth-order valence-corrected chi connectivity index (χ4v) is 3.88. The molecule has 0 aliphatic carbocycles. The molecule has 0 radical (unpaired) electrons. The number of halogens is 3. The van der Waals surface area contributed by atoms with E-state index in [1.54, 1.807) is 18.6 Å². The number of hydrogen-bond donors (Lipinski definition) is 0. The van der Waals surface area contributed by atoms with E-state index < -0.39 is 36.6 Å². The van der Waals surface area contributed by atoms with Crippen molar-refractivity contribution in [3.8, 4) is 0 Å². The lowest BCUT2D eigenvalue weighted by Gasteiger charge is -2.43. The summed E-state index contributed by atoms with van der Waals surface area (Å²) in [5.74, 6) is 0.258. The van der Waals surface area contributed by atoms with Crippen molar-refractivity contribution in [1.29, 1.82) is 0 Å². The van der Waals surface area contributed by atoms with Gasteiger partial charge in [0.1, 0.15) is 11.4 Å². The number of nitrogens with zero attached hydrogens (tertiary/aromatic N) is 5. The van der Waals surface area contributed by atoms with Crippen LogP contribution in [0.5, 0.6) is 0 Å². The Morgan fingerprint density at radius 3 is 2.39 bits per heavy atom. The van der Waals surface area contributed by atoms with E-state index in [2.05, 4.69) is 9.97 Å². The van der Waals surface area contributed by atoms with Gasteiger partial charge in [0.2, 0.25) is 0 Å². The number of rotatable bonds is 5. The molecule has 154 valence electrons. The zero-order valence-electron chi connectivity index (χ0n) is 15.9. The second kappa shape index (κ2) is 7.56. The van der Waals surface area contributed by atoms with Gasteiger partial charge in [-0.25, -0.2) is 9.78 Å². The molecule has 0 unspecified atom stereocenters. The Hall–Kier alpha value is -2.39. The third kappa shape index (κ3) is 3.90. The van der Waals surface area contributed by atoms with Gasteiger partial charge < -0.3 is 9.80 Å². The van der Waals surface area contributed by atoms with Crippen LogP contribution in [-0.2, 0) is 4.79 Å². The largest absolute Gasteiger partial charge is 0.390 e. The summed E-state index contributed by atoms with van der Waals surface area (Å²) in [4.78, 5) is 38.5. The van der Waals surface area contributed by atoms with E-state index in [1.165, 1.54) is 4.90 Å². The molecule has 0 aromatic carbocycles. The first-order valence-corrected chi connectivity index (χ1v) is 9.35. The molecule has 28 heavy (non-hydrogen) atoms. The van der Waals surface area contributed by atoms with Crippen LogP contribution < -0.4 is 4.90 Å². The quantitative estimate of drug-likeness (QED) is 0.712. The number of amides is 3. The van der Waals surface area contributed by atoms with Crippen molar-refractivity contribution in [2.75, 3.05) is 31.1 Å². The van der Waals surface area contributed by atoms with Gasteiger partial charge in [0, 0.05) is 38.6 Å². The maximum atomic E-state index is 13.1. The monoisotopic (exact) mass is 399 g/mol. The van der Waals surface area contributed by atoms with E-state index in [0.29, 0.717) is 38.3 Å². The molecule has 0 bridgehead atoms. The number of carbonyl (C=O) groups is 2.